The molecule has 1 aliphatic carbocycles. The van der Waals surface area contributed by atoms with Crippen molar-refractivity contribution in [1.29, 1.82) is 0 Å². The summed E-state index contributed by atoms with van der Waals surface area (Å²) in [7, 11) is 2.27. The van der Waals surface area contributed by atoms with E-state index < -0.39 is 0 Å². The largest absolute Gasteiger partial charge is 0.306 e. The van der Waals surface area contributed by atoms with Crippen LogP contribution in [0.15, 0.2) is 0 Å². The molecule has 0 aromatic heterocycles. The zero-order valence-electron chi connectivity index (χ0n) is 8.84. The summed E-state index contributed by atoms with van der Waals surface area (Å²) in [5.74, 6) is 2.09. The molecule has 0 aromatic carbocycles. The first kappa shape index (κ1) is 10.0. The second kappa shape index (κ2) is 4.86. The van der Waals surface area contributed by atoms with E-state index in [1.807, 2.05) is 13.8 Å². The van der Waals surface area contributed by atoms with Crippen molar-refractivity contribution in [2.45, 2.75) is 39.5 Å². The smallest absolute Gasteiger partial charge is 0.000673 e. The normalized spacial score (nSPS) is 35.2. The van der Waals surface area contributed by atoms with Gasteiger partial charge < -0.3 is 4.90 Å². The van der Waals surface area contributed by atoms with Crippen molar-refractivity contribution in [3.05, 3.63) is 0 Å². The lowest BCUT2D eigenvalue weighted by Crippen LogP contribution is -2.23. The summed E-state index contributed by atoms with van der Waals surface area (Å²) in [6.07, 6.45) is 6.04. The highest BCUT2D eigenvalue weighted by Crippen LogP contribution is 2.32. The van der Waals surface area contributed by atoms with Crippen LogP contribution >= 0.6 is 0 Å². The van der Waals surface area contributed by atoms with Gasteiger partial charge in [0.15, 0.2) is 0 Å². The monoisotopic (exact) mass is 169 g/mol. The van der Waals surface area contributed by atoms with Gasteiger partial charge in [-0.2, -0.15) is 0 Å². The first-order valence-electron chi connectivity index (χ1n) is 5.53. The second-order valence-corrected chi connectivity index (χ2v) is 4.11. The van der Waals surface area contributed by atoms with E-state index in [2.05, 4.69) is 11.9 Å². The molecular weight excluding hydrogens is 146 g/mol. The third-order valence-corrected chi connectivity index (χ3v) is 3.11. The minimum Gasteiger partial charge on any atom is -0.306 e. The SMILES string of the molecule is CC.CN1CC2CCC(CC2)C1. The van der Waals surface area contributed by atoms with Crippen LogP contribution in [0.5, 0.6) is 0 Å². The Morgan fingerprint density at radius 1 is 0.833 bits per heavy atom. The zero-order valence-corrected chi connectivity index (χ0v) is 8.84. The van der Waals surface area contributed by atoms with Gasteiger partial charge in [-0.3, -0.25) is 0 Å². The molecule has 1 nitrogen and oxygen atoms in total. The predicted octanol–water partition coefficient (Wildman–Crippen LogP) is 2.76. The van der Waals surface area contributed by atoms with E-state index in [4.69, 9.17) is 0 Å². The van der Waals surface area contributed by atoms with Crippen molar-refractivity contribution in [1.82, 2.24) is 4.90 Å². The van der Waals surface area contributed by atoms with Crippen LogP contribution in [0.3, 0.4) is 0 Å². The van der Waals surface area contributed by atoms with Crippen LogP contribution in [-0.4, -0.2) is 25.0 Å². The average molecular weight is 169 g/mol. The van der Waals surface area contributed by atoms with Gasteiger partial charge >= 0.3 is 0 Å². The summed E-state index contributed by atoms with van der Waals surface area (Å²) in [5.41, 5.74) is 0. The molecule has 2 saturated heterocycles. The fraction of sp³-hybridized carbons (Fsp3) is 1.00. The predicted molar refractivity (Wildman–Crippen MR) is 54.3 cm³/mol. The van der Waals surface area contributed by atoms with Crippen molar-refractivity contribution in [2.24, 2.45) is 11.8 Å². The summed E-state index contributed by atoms with van der Waals surface area (Å²) in [6.45, 7) is 6.74. The third kappa shape index (κ3) is 2.48. The Morgan fingerprint density at radius 3 is 1.50 bits per heavy atom. The molecule has 0 spiro atoms. The summed E-state index contributed by atoms with van der Waals surface area (Å²) in [4.78, 5) is 2.52. The fourth-order valence-corrected chi connectivity index (χ4v) is 2.55. The van der Waals surface area contributed by atoms with Crippen LogP contribution in [0.4, 0.5) is 0 Å². The van der Waals surface area contributed by atoms with Crippen molar-refractivity contribution < 1.29 is 0 Å². The molecule has 2 bridgehead atoms. The van der Waals surface area contributed by atoms with Gasteiger partial charge in [-0.1, -0.05) is 13.8 Å². The quantitative estimate of drug-likeness (QED) is 0.539. The number of hydrogen-bond donors (Lipinski definition) is 0. The molecule has 3 rings (SSSR count). The lowest BCUT2D eigenvalue weighted by atomic mass is 9.84. The van der Waals surface area contributed by atoms with Crippen molar-refractivity contribution in [3.8, 4) is 0 Å². The number of fused-ring (bicyclic) bond motifs is 4. The van der Waals surface area contributed by atoms with E-state index in [-0.39, 0.29) is 0 Å². The van der Waals surface area contributed by atoms with Gasteiger partial charge in [0, 0.05) is 13.1 Å². The summed E-state index contributed by atoms with van der Waals surface area (Å²) in [6, 6.07) is 0. The van der Waals surface area contributed by atoms with Crippen LogP contribution in [0.2, 0.25) is 0 Å². The highest BCUT2D eigenvalue weighted by molar-refractivity contribution is 4.80. The first-order valence-corrected chi connectivity index (χ1v) is 5.53. The van der Waals surface area contributed by atoms with Gasteiger partial charge in [0.05, 0.1) is 0 Å². The van der Waals surface area contributed by atoms with Crippen LogP contribution in [0, 0.1) is 11.8 Å². The molecular formula is C11H23N. The minimum absolute atomic E-state index is 1.05. The Morgan fingerprint density at radius 2 is 1.17 bits per heavy atom. The van der Waals surface area contributed by atoms with Gasteiger partial charge in [0.2, 0.25) is 0 Å². The highest BCUT2D eigenvalue weighted by Gasteiger charge is 2.27. The lowest BCUT2D eigenvalue weighted by Gasteiger charge is -2.21. The molecule has 0 radical (unpaired) electrons. The average Bonchev–Trinajstić information content (AvgIpc) is 2.38. The lowest BCUT2D eigenvalue weighted by molar-refractivity contribution is 0.308. The summed E-state index contributed by atoms with van der Waals surface area (Å²) >= 11 is 0. The third-order valence-electron chi connectivity index (χ3n) is 3.11. The molecule has 2 heterocycles. The van der Waals surface area contributed by atoms with Gasteiger partial charge in [0.25, 0.3) is 0 Å². The molecule has 12 heavy (non-hydrogen) atoms. The summed E-state index contributed by atoms with van der Waals surface area (Å²) in [5, 5.41) is 0. The van der Waals surface area contributed by atoms with E-state index in [9.17, 15) is 0 Å². The van der Waals surface area contributed by atoms with Gasteiger partial charge in [0.1, 0.15) is 0 Å². The van der Waals surface area contributed by atoms with Gasteiger partial charge in [-0.15, -0.1) is 0 Å². The summed E-state index contributed by atoms with van der Waals surface area (Å²) < 4.78 is 0. The van der Waals surface area contributed by atoms with Crippen LogP contribution in [0.25, 0.3) is 0 Å². The molecule has 0 N–H and O–H groups in total. The van der Waals surface area contributed by atoms with Crippen LogP contribution in [0.1, 0.15) is 39.5 Å². The second-order valence-electron chi connectivity index (χ2n) is 4.11. The molecule has 1 heteroatoms. The van der Waals surface area contributed by atoms with E-state index in [1.165, 1.54) is 38.8 Å². The fourth-order valence-electron chi connectivity index (χ4n) is 2.55. The highest BCUT2D eigenvalue weighted by atomic mass is 15.1. The Balaban J connectivity index is 0.000000336. The van der Waals surface area contributed by atoms with Crippen LogP contribution in [-0.2, 0) is 0 Å². The van der Waals surface area contributed by atoms with E-state index in [1.54, 1.807) is 0 Å². The molecule has 0 aromatic rings. The van der Waals surface area contributed by atoms with E-state index in [0.29, 0.717) is 0 Å². The Bertz CT molecular complexity index is 100. The minimum atomic E-state index is 1.05. The Labute approximate surface area is 77.1 Å². The number of hydrogen-bond acceptors (Lipinski definition) is 1. The zero-order chi connectivity index (χ0) is 8.97. The molecule has 2 aliphatic heterocycles. The van der Waals surface area contributed by atoms with E-state index >= 15 is 0 Å². The van der Waals surface area contributed by atoms with Gasteiger partial charge in [-0.25, -0.2) is 0 Å². The van der Waals surface area contributed by atoms with Crippen molar-refractivity contribution in [2.75, 3.05) is 20.1 Å². The van der Waals surface area contributed by atoms with Gasteiger partial charge in [-0.05, 0) is 44.6 Å². The maximum Gasteiger partial charge on any atom is 0.000673 e. The standard InChI is InChI=1S/C9H17N.C2H6/c1-10-6-8-2-3-9(7-10)5-4-8;1-2/h8-9H,2-7H2,1H3;1-2H3. The van der Waals surface area contributed by atoms with E-state index in [0.717, 1.165) is 11.8 Å². The Hall–Kier alpha value is -0.0400. The molecule has 0 unspecified atom stereocenters. The van der Waals surface area contributed by atoms with Crippen LogP contribution < -0.4 is 0 Å². The first-order chi connectivity index (χ1) is 5.84. The van der Waals surface area contributed by atoms with Crippen molar-refractivity contribution in [3.63, 3.8) is 0 Å². The maximum atomic E-state index is 2.52. The number of rotatable bonds is 0. The number of nitrogens with zero attached hydrogens (tertiary/aromatic N) is 1. The van der Waals surface area contributed by atoms with Crippen molar-refractivity contribution >= 4 is 0 Å². The molecule has 1 saturated carbocycles. The Kier molecular flexibility index (Phi) is 4.07. The molecule has 3 aliphatic rings. The molecule has 3 fully saturated rings. The molecule has 0 atom stereocenters. The molecule has 0 amide bonds. The topological polar surface area (TPSA) is 3.24 Å². The molecule has 72 valence electrons. The maximum absolute atomic E-state index is 2.52.